The summed E-state index contributed by atoms with van der Waals surface area (Å²) in [6.07, 6.45) is 0. The van der Waals surface area contributed by atoms with E-state index in [2.05, 4.69) is 10.6 Å². The van der Waals surface area contributed by atoms with Crippen LogP contribution in [0.2, 0.25) is 0 Å². The fourth-order valence-electron chi connectivity index (χ4n) is 1.60. The van der Waals surface area contributed by atoms with Crippen molar-refractivity contribution in [1.82, 2.24) is 15.5 Å². The minimum atomic E-state index is -0.623. The van der Waals surface area contributed by atoms with Crippen molar-refractivity contribution in [1.29, 1.82) is 0 Å². The molecule has 6 heteroatoms. The first-order chi connectivity index (χ1) is 9.52. The Morgan fingerprint density at radius 1 is 1.15 bits per heavy atom. The number of nitrogens with one attached hydrogen (secondary N) is 2. The smallest absolute Gasteiger partial charge is 0.309 e. The molecule has 110 valence electrons. The fraction of sp³-hybridized carbons (Fsp3) is 0.429. The molecule has 1 aromatic rings. The number of nitrogens with two attached hydrogens (primary N) is 1. The summed E-state index contributed by atoms with van der Waals surface area (Å²) in [5.74, 6) is -1.23. The molecule has 0 bridgehead atoms. The zero-order chi connectivity index (χ0) is 15.0. The van der Waals surface area contributed by atoms with Crippen LogP contribution in [0.3, 0.4) is 0 Å². The van der Waals surface area contributed by atoms with E-state index in [1.54, 1.807) is 0 Å². The standard InChI is InChI=1S/C14H22N4O2/c1-18(2)7-6-16-13(19)14(20)17-10-12-5-3-4-11(8-12)9-15/h3-5,8H,6-7,9-10,15H2,1-2H3,(H,16,19)(H,17,20). The van der Waals surface area contributed by atoms with E-state index in [-0.39, 0.29) is 0 Å². The van der Waals surface area contributed by atoms with Crippen LogP contribution >= 0.6 is 0 Å². The van der Waals surface area contributed by atoms with Crippen LogP contribution in [-0.2, 0) is 22.7 Å². The largest absolute Gasteiger partial charge is 0.347 e. The Hall–Kier alpha value is -1.92. The topological polar surface area (TPSA) is 87.5 Å². The number of hydrogen-bond donors (Lipinski definition) is 3. The van der Waals surface area contributed by atoms with Crippen molar-refractivity contribution >= 4 is 11.8 Å². The SMILES string of the molecule is CN(C)CCNC(=O)C(=O)NCc1cccc(CN)c1. The van der Waals surface area contributed by atoms with Crippen LogP contribution in [0.1, 0.15) is 11.1 Å². The summed E-state index contributed by atoms with van der Waals surface area (Å²) in [6, 6.07) is 7.58. The van der Waals surface area contributed by atoms with Gasteiger partial charge in [-0.25, -0.2) is 0 Å². The van der Waals surface area contributed by atoms with E-state index in [0.717, 1.165) is 11.1 Å². The minimum Gasteiger partial charge on any atom is -0.347 e. The molecule has 0 aliphatic carbocycles. The first kappa shape index (κ1) is 16.1. The molecule has 1 rings (SSSR count). The Kier molecular flexibility index (Phi) is 6.69. The summed E-state index contributed by atoms with van der Waals surface area (Å²) in [5.41, 5.74) is 7.46. The van der Waals surface area contributed by atoms with Crippen molar-refractivity contribution in [3.05, 3.63) is 35.4 Å². The molecular weight excluding hydrogens is 256 g/mol. The summed E-state index contributed by atoms with van der Waals surface area (Å²) in [6.45, 7) is 1.90. The third kappa shape index (κ3) is 5.81. The Morgan fingerprint density at radius 3 is 2.45 bits per heavy atom. The van der Waals surface area contributed by atoms with E-state index in [4.69, 9.17) is 5.73 Å². The van der Waals surface area contributed by atoms with Crippen molar-refractivity contribution < 1.29 is 9.59 Å². The van der Waals surface area contributed by atoms with E-state index in [1.165, 1.54) is 0 Å². The van der Waals surface area contributed by atoms with Crippen molar-refractivity contribution in [3.63, 3.8) is 0 Å². The number of hydrogen-bond acceptors (Lipinski definition) is 4. The number of benzene rings is 1. The lowest BCUT2D eigenvalue weighted by Gasteiger charge is -2.10. The van der Waals surface area contributed by atoms with Crippen LogP contribution in [0.5, 0.6) is 0 Å². The lowest BCUT2D eigenvalue weighted by molar-refractivity contribution is -0.139. The van der Waals surface area contributed by atoms with Gasteiger partial charge in [0, 0.05) is 26.2 Å². The Labute approximate surface area is 119 Å². The van der Waals surface area contributed by atoms with Gasteiger partial charge in [-0.15, -0.1) is 0 Å². The van der Waals surface area contributed by atoms with Gasteiger partial charge in [-0.05, 0) is 25.2 Å². The number of nitrogens with zero attached hydrogens (tertiary/aromatic N) is 1. The minimum absolute atomic E-state index is 0.313. The van der Waals surface area contributed by atoms with Crippen LogP contribution in [0.4, 0.5) is 0 Å². The molecule has 0 atom stereocenters. The zero-order valence-corrected chi connectivity index (χ0v) is 12.0. The van der Waals surface area contributed by atoms with Crippen LogP contribution < -0.4 is 16.4 Å². The number of amides is 2. The van der Waals surface area contributed by atoms with Gasteiger partial charge in [0.2, 0.25) is 0 Å². The summed E-state index contributed by atoms with van der Waals surface area (Å²) in [5, 5.41) is 5.14. The molecule has 0 saturated heterocycles. The lowest BCUT2D eigenvalue weighted by atomic mass is 10.1. The number of likely N-dealkylation sites (N-methyl/N-ethyl adjacent to an activating group) is 1. The Morgan fingerprint density at radius 2 is 1.80 bits per heavy atom. The van der Waals surface area contributed by atoms with Crippen LogP contribution in [0.15, 0.2) is 24.3 Å². The van der Waals surface area contributed by atoms with Gasteiger partial charge in [0.15, 0.2) is 0 Å². The molecule has 0 unspecified atom stereocenters. The van der Waals surface area contributed by atoms with Crippen LogP contribution in [0, 0.1) is 0 Å². The predicted molar refractivity (Wildman–Crippen MR) is 77.7 cm³/mol. The molecule has 0 fully saturated rings. The number of rotatable bonds is 6. The molecule has 0 saturated carbocycles. The summed E-state index contributed by atoms with van der Waals surface area (Å²) < 4.78 is 0. The van der Waals surface area contributed by atoms with Gasteiger partial charge in [0.25, 0.3) is 0 Å². The molecule has 1 aromatic carbocycles. The molecular formula is C14H22N4O2. The highest BCUT2D eigenvalue weighted by Gasteiger charge is 2.12. The second kappa shape index (κ2) is 8.29. The quantitative estimate of drug-likeness (QED) is 0.609. The maximum absolute atomic E-state index is 11.6. The van der Waals surface area contributed by atoms with Crippen molar-refractivity contribution in [2.45, 2.75) is 13.1 Å². The van der Waals surface area contributed by atoms with E-state index >= 15 is 0 Å². The van der Waals surface area contributed by atoms with Crippen molar-refractivity contribution in [2.75, 3.05) is 27.2 Å². The average Bonchev–Trinajstić information content (AvgIpc) is 2.44. The third-order valence-electron chi connectivity index (χ3n) is 2.73. The Bertz CT molecular complexity index is 460. The fourth-order valence-corrected chi connectivity index (χ4v) is 1.60. The normalized spacial score (nSPS) is 10.4. The highest BCUT2D eigenvalue weighted by atomic mass is 16.2. The molecule has 2 amide bonds. The van der Waals surface area contributed by atoms with Gasteiger partial charge in [-0.2, -0.15) is 0 Å². The molecule has 4 N–H and O–H groups in total. The van der Waals surface area contributed by atoms with E-state index in [1.807, 2.05) is 43.3 Å². The van der Waals surface area contributed by atoms with Gasteiger partial charge in [-0.3, -0.25) is 9.59 Å². The first-order valence-corrected chi connectivity index (χ1v) is 6.51. The van der Waals surface area contributed by atoms with E-state index in [0.29, 0.717) is 26.2 Å². The predicted octanol–water partition coefficient (Wildman–Crippen LogP) is -0.561. The monoisotopic (exact) mass is 278 g/mol. The summed E-state index contributed by atoms with van der Waals surface area (Å²) >= 11 is 0. The second-order valence-electron chi connectivity index (χ2n) is 4.77. The maximum Gasteiger partial charge on any atom is 0.309 e. The molecule has 0 aliphatic rings. The molecule has 0 spiro atoms. The van der Waals surface area contributed by atoms with Gasteiger partial charge in [0.05, 0.1) is 0 Å². The third-order valence-corrected chi connectivity index (χ3v) is 2.73. The van der Waals surface area contributed by atoms with Crippen LogP contribution in [0.25, 0.3) is 0 Å². The maximum atomic E-state index is 11.6. The molecule has 6 nitrogen and oxygen atoms in total. The Balaban J connectivity index is 2.36. The highest BCUT2D eigenvalue weighted by Crippen LogP contribution is 2.03. The second-order valence-corrected chi connectivity index (χ2v) is 4.77. The zero-order valence-electron chi connectivity index (χ0n) is 12.0. The molecule has 0 aromatic heterocycles. The van der Waals surface area contributed by atoms with Gasteiger partial charge < -0.3 is 21.3 Å². The lowest BCUT2D eigenvalue weighted by Crippen LogP contribution is -2.41. The van der Waals surface area contributed by atoms with Crippen molar-refractivity contribution in [2.24, 2.45) is 5.73 Å². The molecule has 0 radical (unpaired) electrons. The first-order valence-electron chi connectivity index (χ1n) is 6.51. The van der Waals surface area contributed by atoms with Crippen molar-refractivity contribution in [3.8, 4) is 0 Å². The van der Waals surface area contributed by atoms with Crippen LogP contribution in [-0.4, -0.2) is 43.9 Å². The van der Waals surface area contributed by atoms with Gasteiger partial charge in [0.1, 0.15) is 0 Å². The summed E-state index contributed by atoms with van der Waals surface area (Å²) in [4.78, 5) is 25.0. The number of carbonyl (C=O) groups is 2. The van der Waals surface area contributed by atoms with Gasteiger partial charge in [-0.1, -0.05) is 24.3 Å². The number of carbonyl (C=O) groups excluding carboxylic acids is 2. The molecule has 20 heavy (non-hydrogen) atoms. The van der Waals surface area contributed by atoms with E-state index in [9.17, 15) is 9.59 Å². The summed E-state index contributed by atoms with van der Waals surface area (Å²) in [7, 11) is 3.80. The van der Waals surface area contributed by atoms with E-state index < -0.39 is 11.8 Å². The highest BCUT2D eigenvalue weighted by molar-refractivity contribution is 6.35. The van der Waals surface area contributed by atoms with Gasteiger partial charge >= 0.3 is 11.8 Å². The average molecular weight is 278 g/mol. The molecule has 0 aliphatic heterocycles. The molecule has 0 heterocycles.